The largest absolute Gasteiger partial charge is 0.322 e. The van der Waals surface area contributed by atoms with E-state index >= 15 is 0 Å². The number of carbonyl (C=O) groups is 1. The summed E-state index contributed by atoms with van der Waals surface area (Å²) in [5, 5.41) is 14.3. The van der Waals surface area contributed by atoms with E-state index in [0.717, 1.165) is 4.80 Å². The number of benzene rings is 2. The van der Waals surface area contributed by atoms with Crippen LogP contribution in [0.25, 0.3) is 11.4 Å². The van der Waals surface area contributed by atoms with Crippen LogP contribution in [0.4, 0.5) is 14.5 Å². The van der Waals surface area contributed by atoms with Crippen LogP contribution >= 0.6 is 0 Å². The van der Waals surface area contributed by atoms with E-state index in [1.165, 1.54) is 42.5 Å². The average molecular weight is 329 g/mol. The molecule has 0 aliphatic heterocycles. The number of tetrazole rings is 1. The maximum atomic E-state index is 13.6. The van der Waals surface area contributed by atoms with Gasteiger partial charge in [-0.1, -0.05) is 12.1 Å². The lowest BCUT2D eigenvalue weighted by atomic mass is 10.2. The lowest BCUT2D eigenvalue weighted by molar-refractivity contribution is -0.119. The Balaban J connectivity index is 1.75. The van der Waals surface area contributed by atoms with E-state index in [0.29, 0.717) is 5.56 Å². The maximum absolute atomic E-state index is 13.6. The number of hydrogen-bond acceptors (Lipinski definition) is 4. The quantitative estimate of drug-likeness (QED) is 0.799. The molecule has 122 valence electrons. The number of rotatable bonds is 4. The van der Waals surface area contributed by atoms with Gasteiger partial charge >= 0.3 is 0 Å². The van der Waals surface area contributed by atoms with E-state index in [-0.39, 0.29) is 17.3 Å². The van der Waals surface area contributed by atoms with Crippen LogP contribution in [0.1, 0.15) is 13.0 Å². The first-order valence-corrected chi connectivity index (χ1v) is 7.15. The second kappa shape index (κ2) is 6.53. The van der Waals surface area contributed by atoms with Crippen LogP contribution in [0.5, 0.6) is 0 Å². The Hall–Kier alpha value is -3.16. The Labute approximate surface area is 136 Å². The van der Waals surface area contributed by atoms with Gasteiger partial charge in [0.05, 0.1) is 5.69 Å². The molecule has 0 spiro atoms. The molecule has 1 atom stereocenters. The molecule has 0 saturated heterocycles. The van der Waals surface area contributed by atoms with E-state index < -0.39 is 17.8 Å². The Morgan fingerprint density at radius 2 is 1.83 bits per heavy atom. The van der Waals surface area contributed by atoms with Crippen molar-refractivity contribution in [1.29, 1.82) is 0 Å². The van der Waals surface area contributed by atoms with Gasteiger partial charge < -0.3 is 5.32 Å². The molecule has 1 heterocycles. The predicted molar refractivity (Wildman–Crippen MR) is 83.0 cm³/mol. The molecule has 0 fully saturated rings. The zero-order chi connectivity index (χ0) is 17.1. The summed E-state index contributed by atoms with van der Waals surface area (Å²) in [6.45, 7) is 1.56. The molecular weight excluding hydrogens is 316 g/mol. The molecule has 24 heavy (non-hydrogen) atoms. The highest BCUT2D eigenvalue weighted by Crippen LogP contribution is 2.17. The molecule has 0 unspecified atom stereocenters. The van der Waals surface area contributed by atoms with Crippen LogP contribution < -0.4 is 5.32 Å². The molecular formula is C16H13F2N5O. The van der Waals surface area contributed by atoms with Gasteiger partial charge in [0.1, 0.15) is 17.7 Å². The summed E-state index contributed by atoms with van der Waals surface area (Å²) in [7, 11) is 0. The van der Waals surface area contributed by atoms with E-state index in [1.54, 1.807) is 13.0 Å². The maximum Gasteiger partial charge on any atom is 0.250 e. The average Bonchev–Trinajstić information content (AvgIpc) is 3.07. The molecule has 1 amide bonds. The van der Waals surface area contributed by atoms with Crippen LogP contribution in [0, 0.1) is 11.6 Å². The van der Waals surface area contributed by atoms with E-state index in [9.17, 15) is 13.6 Å². The van der Waals surface area contributed by atoms with E-state index in [4.69, 9.17) is 0 Å². The van der Waals surface area contributed by atoms with Gasteiger partial charge in [-0.25, -0.2) is 8.78 Å². The number of nitrogens with zero attached hydrogens (tertiary/aromatic N) is 4. The van der Waals surface area contributed by atoms with Gasteiger partial charge in [-0.3, -0.25) is 4.79 Å². The van der Waals surface area contributed by atoms with Crippen LogP contribution in [0.3, 0.4) is 0 Å². The lowest BCUT2D eigenvalue weighted by Crippen LogP contribution is -2.25. The third-order valence-corrected chi connectivity index (χ3v) is 3.39. The fourth-order valence-electron chi connectivity index (χ4n) is 2.01. The minimum absolute atomic E-state index is 0.0771. The van der Waals surface area contributed by atoms with Crippen LogP contribution in [0.15, 0.2) is 48.5 Å². The first kappa shape index (κ1) is 15.7. The van der Waals surface area contributed by atoms with Crippen molar-refractivity contribution in [2.45, 2.75) is 13.0 Å². The summed E-state index contributed by atoms with van der Waals surface area (Å²) in [5.41, 5.74) is 0.651. The highest BCUT2D eigenvalue weighted by atomic mass is 19.1. The predicted octanol–water partition coefficient (Wildman–Crippen LogP) is 2.82. The van der Waals surface area contributed by atoms with Gasteiger partial charge in [0.25, 0.3) is 5.91 Å². The molecule has 3 aromatic rings. The monoisotopic (exact) mass is 329 g/mol. The van der Waals surface area contributed by atoms with E-state index in [2.05, 4.69) is 20.7 Å². The molecule has 1 aromatic heterocycles. The lowest BCUT2D eigenvalue weighted by Gasteiger charge is -2.11. The summed E-state index contributed by atoms with van der Waals surface area (Å²) >= 11 is 0. The smallest absolute Gasteiger partial charge is 0.250 e. The molecule has 3 rings (SSSR count). The summed E-state index contributed by atoms with van der Waals surface area (Å²) in [6.07, 6.45) is 0. The summed E-state index contributed by atoms with van der Waals surface area (Å²) < 4.78 is 26.5. The highest BCUT2D eigenvalue weighted by Gasteiger charge is 2.19. The van der Waals surface area contributed by atoms with Gasteiger partial charge in [-0.05, 0) is 48.5 Å². The van der Waals surface area contributed by atoms with Gasteiger partial charge in [-0.2, -0.15) is 4.80 Å². The van der Waals surface area contributed by atoms with Crippen LogP contribution in [0.2, 0.25) is 0 Å². The summed E-state index contributed by atoms with van der Waals surface area (Å²) in [4.78, 5) is 13.3. The van der Waals surface area contributed by atoms with Crippen molar-refractivity contribution >= 4 is 11.6 Å². The Morgan fingerprint density at radius 1 is 1.12 bits per heavy atom. The number of anilines is 1. The highest BCUT2D eigenvalue weighted by molar-refractivity contribution is 5.93. The Kier molecular flexibility index (Phi) is 4.28. The third-order valence-electron chi connectivity index (χ3n) is 3.39. The Bertz CT molecular complexity index is 863. The zero-order valence-electron chi connectivity index (χ0n) is 12.6. The first-order valence-electron chi connectivity index (χ1n) is 7.15. The van der Waals surface area contributed by atoms with Gasteiger partial charge in [0.15, 0.2) is 0 Å². The van der Waals surface area contributed by atoms with Crippen molar-refractivity contribution < 1.29 is 13.6 Å². The molecule has 0 saturated carbocycles. The minimum Gasteiger partial charge on any atom is -0.322 e. The van der Waals surface area contributed by atoms with Crippen LogP contribution in [-0.4, -0.2) is 26.1 Å². The number of amides is 1. The fourth-order valence-corrected chi connectivity index (χ4v) is 2.01. The van der Waals surface area contributed by atoms with Crippen molar-refractivity contribution in [2.75, 3.05) is 5.32 Å². The molecule has 0 bridgehead atoms. The van der Waals surface area contributed by atoms with Crippen molar-refractivity contribution in [2.24, 2.45) is 0 Å². The standard InChI is InChI=1S/C16H13F2N5O/c1-10(16(24)19-14-5-3-2-4-13(14)18)23-21-15(20-22-23)11-6-8-12(17)9-7-11/h2-10H,1H3,(H,19,24)/t10-/m1/s1. The SMILES string of the molecule is C[C@H](C(=O)Nc1ccccc1F)n1nnc(-c2ccc(F)cc2)n1. The summed E-state index contributed by atoms with van der Waals surface area (Å²) in [5.74, 6) is -1.12. The molecule has 0 aliphatic rings. The molecule has 0 aliphatic carbocycles. The van der Waals surface area contributed by atoms with Gasteiger partial charge in [-0.15, -0.1) is 10.2 Å². The van der Waals surface area contributed by atoms with Crippen molar-refractivity contribution in [3.63, 3.8) is 0 Å². The minimum atomic E-state index is -0.800. The number of carbonyl (C=O) groups excluding carboxylic acids is 1. The zero-order valence-corrected chi connectivity index (χ0v) is 12.6. The second-order valence-electron chi connectivity index (χ2n) is 5.09. The van der Waals surface area contributed by atoms with Crippen molar-refractivity contribution in [1.82, 2.24) is 20.2 Å². The first-order chi connectivity index (χ1) is 11.5. The fraction of sp³-hybridized carbons (Fsp3) is 0.125. The van der Waals surface area contributed by atoms with Gasteiger partial charge in [0, 0.05) is 5.56 Å². The number of aromatic nitrogens is 4. The normalized spacial score (nSPS) is 12.0. The molecule has 2 aromatic carbocycles. The molecule has 8 heteroatoms. The Morgan fingerprint density at radius 3 is 2.54 bits per heavy atom. The summed E-state index contributed by atoms with van der Waals surface area (Å²) in [6, 6.07) is 10.6. The van der Waals surface area contributed by atoms with Crippen LogP contribution in [-0.2, 0) is 4.79 Å². The number of para-hydroxylation sites is 1. The van der Waals surface area contributed by atoms with Crippen molar-refractivity contribution in [3.05, 3.63) is 60.2 Å². The van der Waals surface area contributed by atoms with Gasteiger partial charge in [0.2, 0.25) is 5.82 Å². The molecule has 6 nitrogen and oxygen atoms in total. The number of halogens is 2. The van der Waals surface area contributed by atoms with E-state index in [1.807, 2.05) is 0 Å². The molecule has 1 N–H and O–H groups in total. The third kappa shape index (κ3) is 3.27. The second-order valence-corrected chi connectivity index (χ2v) is 5.09. The molecule has 0 radical (unpaired) electrons. The van der Waals surface area contributed by atoms with Crippen molar-refractivity contribution in [3.8, 4) is 11.4 Å². The number of hydrogen-bond donors (Lipinski definition) is 1. The number of nitrogens with one attached hydrogen (secondary N) is 1. The topological polar surface area (TPSA) is 72.7 Å².